The Morgan fingerprint density at radius 2 is 2.00 bits per heavy atom. The van der Waals surface area contributed by atoms with E-state index in [1.807, 2.05) is 51.1 Å². The van der Waals surface area contributed by atoms with Crippen LogP contribution in [0.5, 0.6) is 0 Å². The number of benzene rings is 1. The number of nitrogens with one attached hydrogen (secondary N) is 1. The highest BCUT2D eigenvalue weighted by molar-refractivity contribution is 5.95. The Morgan fingerprint density at radius 3 is 2.60 bits per heavy atom. The first-order valence-corrected chi connectivity index (χ1v) is 6.57. The van der Waals surface area contributed by atoms with Gasteiger partial charge in [-0.15, -0.1) is 0 Å². The highest BCUT2D eigenvalue weighted by Crippen LogP contribution is 2.13. The number of carbonyl (C=O) groups is 1. The summed E-state index contributed by atoms with van der Waals surface area (Å²) in [5, 5.41) is 7.29. The number of carbonyl (C=O) groups excluding carboxylic acids is 1. The van der Waals surface area contributed by atoms with E-state index >= 15 is 0 Å². The third-order valence-corrected chi connectivity index (χ3v) is 3.13. The standard InChI is InChI=1S/C15H20N4O/c1-11-13(14(20)17-15(2,3)10-16)9-19(18-11)12-7-5-4-6-8-12/h4-9H,10,16H2,1-3H3,(H,17,20). The van der Waals surface area contributed by atoms with Crippen LogP contribution in [0.1, 0.15) is 29.9 Å². The van der Waals surface area contributed by atoms with Gasteiger partial charge in [-0.05, 0) is 32.9 Å². The summed E-state index contributed by atoms with van der Waals surface area (Å²) in [4.78, 5) is 12.3. The molecule has 0 fully saturated rings. The van der Waals surface area contributed by atoms with E-state index in [9.17, 15) is 4.79 Å². The molecule has 0 spiro atoms. The molecule has 0 saturated carbocycles. The largest absolute Gasteiger partial charge is 0.346 e. The maximum absolute atomic E-state index is 12.3. The molecule has 0 atom stereocenters. The Hall–Kier alpha value is -2.14. The van der Waals surface area contributed by atoms with Crippen molar-refractivity contribution >= 4 is 5.91 Å². The SMILES string of the molecule is Cc1nn(-c2ccccc2)cc1C(=O)NC(C)(C)CN. The molecule has 3 N–H and O–H groups in total. The molecule has 1 heterocycles. The van der Waals surface area contributed by atoms with Gasteiger partial charge in [0, 0.05) is 18.3 Å². The molecule has 0 radical (unpaired) electrons. The number of nitrogens with zero attached hydrogens (tertiary/aromatic N) is 2. The van der Waals surface area contributed by atoms with E-state index < -0.39 is 5.54 Å². The molecule has 0 bridgehead atoms. The van der Waals surface area contributed by atoms with Gasteiger partial charge in [0.1, 0.15) is 0 Å². The van der Waals surface area contributed by atoms with Gasteiger partial charge in [-0.3, -0.25) is 4.79 Å². The highest BCUT2D eigenvalue weighted by atomic mass is 16.1. The van der Waals surface area contributed by atoms with Crippen molar-refractivity contribution in [3.63, 3.8) is 0 Å². The summed E-state index contributed by atoms with van der Waals surface area (Å²) in [5.41, 5.74) is 7.38. The molecule has 1 aromatic carbocycles. The van der Waals surface area contributed by atoms with Crippen LogP contribution in [0.4, 0.5) is 0 Å². The van der Waals surface area contributed by atoms with Crippen molar-refractivity contribution in [2.75, 3.05) is 6.54 Å². The van der Waals surface area contributed by atoms with E-state index in [0.29, 0.717) is 17.8 Å². The second kappa shape index (κ2) is 5.46. The van der Waals surface area contributed by atoms with Gasteiger partial charge < -0.3 is 11.1 Å². The Bertz CT molecular complexity index is 602. The number of amides is 1. The fourth-order valence-corrected chi connectivity index (χ4v) is 1.82. The normalized spacial score (nSPS) is 11.4. The average molecular weight is 272 g/mol. The van der Waals surface area contributed by atoms with Crippen LogP contribution in [0.3, 0.4) is 0 Å². The van der Waals surface area contributed by atoms with Gasteiger partial charge in [-0.25, -0.2) is 4.68 Å². The second-order valence-electron chi connectivity index (χ2n) is 5.45. The molecular weight excluding hydrogens is 252 g/mol. The van der Waals surface area contributed by atoms with Crippen molar-refractivity contribution in [3.8, 4) is 5.69 Å². The zero-order valence-electron chi connectivity index (χ0n) is 12.1. The average Bonchev–Trinajstić information content (AvgIpc) is 2.81. The summed E-state index contributed by atoms with van der Waals surface area (Å²) in [7, 11) is 0. The van der Waals surface area contributed by atoms with Crippen LogP contribution in [-0.4, -0.2) is 27.8 Å². The molecule has 2 aromatic rings. The minimum Gasteiger partial charge on any atom is -0.346 e. The summed E-state index contributed by atoms with van der Waals surface area (Å²) in [6.07, 6.45) is 1.74. The van der Waals surface area contributed by atoms with Gasteiger partial charge in [0.15, 0.2) is 0 Å². The number of hydrogen-bond acceptors (Lipinski definition) is 3. The molecule has 5 heteroatoms. The molecule has 0 unspecified atom stereocenters. The first kappa shape index (κ1) is 14.3. The lowest BCUT2D eigenvalue weighted by atomic mass is 10.1. The quantitative estimate of drug-likeness (QED) is 0.888. The van der Waals surface area contributed by atoms with Crippen LogP contribution in [0, 0.1) is 6.92 Å². The summed E-state index contributed by atoms with van der Waals surface area (Å²) in [6.45, 7) is 5.98. The maximum atomic E-state index is 12.3. The van der Waals surface area contributed by atoms with E-state index in [1.165, 1.54) is 0 Å². The molecule has 0 aliphatic heterocycles. The molecule has 106 valence electrons. The smallest absolute Gasteiger partial charge is 0.255 e. The molecular formula is C15H20N4O. The van der Waals surface area contributed by atoms with E-state index in [-0.39, 0.29) is 5.91 Å². The van der Waals surface area contributed by atoms with E-state index in [2.05, 4.69) is 10.4 Å². The predicted molar refractivity (Wildman–Crippen MR) is 78.9 cm³/mol. The van der Waals surface area contributed by atoms with Crippen molar-refractivity contribution in [1.82, 2.24) is 15.1 Å². The molecule has 20 heavy (non-hydrogen) atoms. The van der Waals surface area contributed by atoms with Crippen LogP contribution in [-0.2, 0) is 0 Å². The predicted octanol–water partition coefficient (Wildman–Crippen LogP) is 1.65. The van der Waals surface area contributed by atoms with Crippen molar-refractivity contribution in [2.24, 2.45) is 5.73 Å². The zero-order chi connectivity index (χ0) is 14.8. The van der Waals surface area contributed by atoms with Gasteiger partial charge in [-0.2, -0.15) is 5.10 Å². The molecule has 0 aliphatic rings. The van der Waals surface area contributed by atoms with Crippen molar-refractivity contribution < 1.29 is 4.79 Å². The third-order valence-electron chi connectivity index (χ3n) is 3.13. The highest BCUT2D eigenvalue weighted by Gasteiger charge is 2.22. The Kier molecular flexibility index (Phi) is 3.90. The van der Waals surface area contributed by atoms with Gasteiger partial charge in [0.2, 0.25) is 0 Å². The second-order valence-corrected chi connectivity index (χ2v) is 5.45. The number of nitrogens with two attached hydrogens (primary N) is 1. The lowest BCUT2D eigenvalue weighted by Crippen LogP contribution is -2.48. The van der Waals surface area contributed by atoms with Crippen molar-refractivity contribution in [3.05, 3.63) is 47.8 Å². The van der Waals surface area contributed by atoms with Crippen LogP contribution >= 0.6 is 0 Å². The summed E-state index contributed by atoms with van der Waals surface area (Å²) < 4.78 is 1.71. The van der Waals surface area contributed by atoms with Crippen molar-refractivity contribution in [2.45, 2.75) is 26.3 Å². The van der Waals surface area contributed by atoms with Crippen LogP contribution < -0.4 is 11.1 Å². The van der Waals surface area contributed by atoms with Crippen molar-refractivity contribution in [1.29, 1.82) is 0 Å². The molecule has 1 aromatic heterocycles. The summed E-state index contributed by atoms with van der Waals surface area (Å²) >= 11 is 0. The van der Waals surface area contributed by atoms with Gasteiger partial charge in [-0.1, -0.05) is 18.2 Å². The number of aromatic nitrogens is 2. The third kappa shape index (κ3) is 3.05. The Morgan fingerprint density at radius 1 is 1.35 bits per heavy atom. The molecule has 2 rings (SSSR count). The first-order chi connectivity index (χ1) is 9.43. The van der Waals surface area contributed by atoms with Gasteiger partial charge in [0.25, 0.3) is 5.91 Å². The zero-order valence-corrected chi connectivity index (χ0v) is 12.1. The Balaban J connectivity index is 2.26. The number of para-hydroxylation sites is 1. The number of hydrogen-bond donors (Lipinski definition) is 2. The minimum atomic E-state index is -0.432. The lowest BCUT2D eigenvalue weighted by molar-refractivity contribution is 0.0915. The minimum absolute atomic E-state index is 0.153. The molecule has 0 saturated heterocycles. The first-order valence-electron chi connectivity index (χ1n) is 6.57. The topological polar surface area (TPSA) is 72.9 Å². The monoisotopic (exact) mass is 272 g/mol. The fourth-order valence-electron chi connectivity index (χ4n) is 1.82. The molecule has 0 aliphatic carbocycles. The fraction of sp³-hybridized carbons (Fsp3) is 0.333. The molecule has 5 nitrogen and oxygen atoms in total. The van der Waals surface area contributed by atoms with Crippen LogP contribution in [0.25, 0.3) is 5.69 Å². The molecule has 1 amide bonds. The van der Waals surface area contributed by atoms with E-state index in [0.717, 1.165) is 5.69 Å². The van der Waals surface area contributed by atoms with Gasteiger partial charge in [0.05, 0.1) is 16.9 Å². The van der Waals surface area contributed by atoms with Crippen LogP contribution in [0.2, 0.25) is 0 Å². The lowest BCUT2D eigenvalue weighted by Gasteiger charge is -2.23. The van der Waals surface area contributed by atoms with Crippen LogP contribution in [0.15, 0.2) is 36.5 Å². The summed E-state index contributed by atoms with van der Waals surface area (Å²) in [6, 6.07) is 9.69. The maximum Gasteiger partial charge on any atom is 0.255 e. The Labute approximate surface area is 118 Å². The van der Waals surface area contributed by atoms with Gasteiger partial charge >= 0.3 is 0 Å². The summed E-state index contributed by atoms with van der Waals surface area (Å²) in [5.74, 6) is -0.153. The van der Waals surface area contributed by atoms with E-state index in [4.69, 9.17) is 5.73 Å². The van der Waals surface area contributed by atoms with E-state index in [1.54, 1.807) is 10.9 Å². The number of rotatable bonds is 4. The number of aryl methyl sites for hydroxylation is 1.